The number of benzene rings is 1. The molecule has 2 fully saturated rings. The van der Waals surface area contributed by atoms with Gasteiger partial charge in [0, 0.05) is 37.7 Å². The van der Waals surface area contributed by atoms with E-state index in [1.807, 2.05) is 18.2 Å². The van der Waals surface area contributed by atoms with Crippen molar-refractivity contribution >= 4 is 11.8 Å². The minimum atomic E-state index is -0.0983. The van der Waals surface area contributed by atoms with E-state index in [9.17, 15) is 9.59 Å². The Morgan fingerprint density at radius 1 is 1.20 bits per heavy atom. The van der Waals surface area contributed by atoms with Crippen LogP contribution < -0.4 is 16.0 Å². The van der Waals surface area contributed by atoms with Crippen molar-refractivity contribution < 1.29 is 14.3 Å². The van der Waals surface area contributed by atoms with Gasteiger partial charge in [-0.1, -0.05) is 12.1 Å². The van der Waals surface area contributed by atoms with Crippen molar-refractivity contribution in [3.63, 3.8) is 0 Å². The minimum absolute atomic E-state index is 0.0487. The molecule has 2 heterocycles. The number of rotatable bonds is 7. The molecule has 25 heavy (non-hydrogen) atoms. The highest BCUT2D eigenvalue weighted by atomic mass is 16.5. The van der Waals surface area contributed by atoms with Crippen molar-refractivity contribution in [1.29, 1.82) is 0 Å². The van der Waals surface area contributed by atoms with Crippen molar-refractivity contribution in [2.45, 2.75) is 50.8 Å². The van der Waals surface area contributed by atoms with E-state index in [1.54, 1.807) is 6.07 Å². The Hall–Kier alpha value is -1.92. The van der Waals surface area contributed by atoms with Crippen LogP contribution in [-0.2, 0) is 16.1 Å². The summed E-state index contributed by atoms with van der Waals surface area (Å²) in [7, 11) is 0. The number of nitrogens with one attached hydrogen (secondary N) is 3. The predicted octanol–water partition coefficient (Wildman–Crippen LogP) is 1.35. The third-order valence-corrected chi connectivity index (χ3v) is 4.79. The maximum Gasteiger partial charge on any atom is 0.251 e. The third kappa shape index (κ3) is 5.54. The fourth-order valence-electron chi connectivity index (χ4n) is 3.36. The molecule has 2 aliphatic heterocycles. The van der Waals surface area contributed by atoms with E-state index in [0.29, 0.717) is 31.1 Å². The zero-order chi connectivity index (χ0) is 17.5. The van der Waals surface area contributed by atoms with Gasteiger partial charge in [-0.2, -0.15) is 0 Å². The average molecular weight is 345 g/mol. The van der Waals surface area contributed by atoms with Gasteiger partial charge in [-0.3, -0.25) is 9.59 Å². The van der Waals surface area contributed by atoms with Gasteiger partial charge in [0.15, 0.2) is 0 Å². The Balaban J connectivity index is 1.45. The topological polar surface area (TPSA) is 79.5 Å². The van der Waals surface area contributed by atoms with Gasteiger partial charge in [0.2, 0.25) is 5.91 Å². The van der Waals surface area contributed by atoms with E-state index in [-0.39, 0.29) is 17.9 Å². The zero-order valence-corrected chi connectivity index (χ0v) is 14.6. The molecule has 2 atom stereocenters. The Kier molecular flexibility index (Phi) is 6.42. The smallest absolute Gasteiger partial charge is 0.251 e. The van der Waals surface area contributed by atoms with Crippen molar-refractivity contribution in [3.05, 3.63) is 35.4 Å². The molecule has 0 saturated carbocycles. The number of carbonyl (C=O) groups is 2. The number of amides is 2. The molecule has 0 aromatic heterocycles. The summed E-state index contributed by atoms with van der Waals surface area (Å²) in [6.45, 7) is 2.78. The van der Waals surface area contributed by atoms with Crippen LogP contribution in [0, 0.1) is 0 Å². The van der Waals surface area contributed by atoms with Crippen molar-refractivity contribution in [2.24, 2.45) is 0 Å². The summed E-state index contributed by atoms with van der Waals surface area (Å²) in [5.41, 5.74) is 1.54. The molecule has 0 bridgehead atoms. The lowest BCUT2D eigenvalue weighted by Crippen LogP contribution is -2.32. The standard InChI is InChI=1S/C19H27N3O3/c23-18(11-16-6-2-8-20-16)21-12-14-4-1-5-15(10-14)19(24)22-13-17-7-3-9-25-17/h1,4-5,10,16-17,20H,2-3,6-9,11-13H2,(H,21,23)(H,22,24). The molecule has 3 N–H and O–H groups in total. The van der Waals surface area contributed by atoms with E-state index in [0.717, 1.165) is 44.4 Å². The third-order valence-electron chi connectivity index (χ3n) is 4.79. The fourth-order valence-corrected chi connectivity index (χ4v) is 3.36. The van der Waals surface area contributed by atoms with E-state index in [1.165, 1.54) is 0 Å². The highest BCUT2D eigenvalue weighted by molar-refractivity contribution is 5.94. The Labute approximate surface area is 148 Å². The van der Waals surface area contributed by atoms with Crippen LogP contribution in [0.3, 0.4) is 0 Å². The lowest BCUT2D eigenvalue weighted by molar-refractivity contribution is -0.121. The van der Waals surface area contributed by atoms with Crippen LogP contribution in [0.25, 0.3) is 0 Å². The van der Waals surface area contributed by atoms with Gasteiger partial charge in [-0.25, -0.2) is 0 Å². The average Bonchev–Trinajstić information content (AvgIpc) is 3.32. The molecule has 0 spiro atoms. The summed E-state index contributed by atoms with van der Waals surface area (Å²) in [5, 5.41) is 9.18. The molecule has 6 heteroatoms. The highest BCUT2D eigenvalue weighted by Crippen LogP contribution is 2.12. The molecule has 3 rings (SSSR count). The maximum absolute atomic E-state index is 12.3. The van der Waals surface area contributed by atoms with Crippen molar-refractivity contribution in [3.8, 4) is 0 Å². The summed E-state index contributed by atoms with van der Waals surface area (Å²) in [6, 6.07) is 7.69. The minimum Gasteiger partial charge on any atom is -0.376 e. The Morgan fingerprint density at radius 2 is 2.12 bits per heavy atom. The van der Waals surface area contributed by atoms with Crippen molar-refractivity contribution in [2.75, 3.05) is 19.7 Å². The van der Waals surface area contributed by atoms with Gasteiger partial charge in [0.1, 0.15) is 0 Å². The fraction of sp³-hybridized carbons (Fsp3) is 0.579. The Morgan fingerprint density at radius 3 is 2.88 bits per heavy atom. The predicted molar refractivity (Wildman–Crippen MR) is 95.2 cm³/mol. The first-order valence-electron chi connectivity index (χ1n) is 9.19. The first-order chi connectivity index (χ1) is 12.2. The van der Waals surface area contributed by atoms with Gasteiger partial charge in [-0.05, 0) is 49.9 Å². The molecule has 2 amide bonds. The molecule has 0 radical (unpaired) electrons. The largest absolute Gasteiger partial charge is 0.376 e. The van der Waals surface area contributed by atoms with Gasteiger partial charge in [0.25, 0.3) is 5.91 Å². The molecule has 1 aromatic rings. The molecule has 6 nitrogen and oxygen atoms in total. The van der Waals surface area contributed by atoms with Crippen LogP contribution in [0.5, 0.6) is 0 Å². The number of hydrogen-bond acceptors (Lipinski definition) is 4. The van der Waals surface area contributed by atoms with E-state index >= 15 is 0 Å². The molecule has 2 unspecified atom stereocenters. The highest BCUT2D eigenvalue weighted by Gasteiger charge is 2.18. The van der Waals surface area contributed by atoms with E-state index in [2.05, 4.69) is 16.0 Å². The summed E-state index contributed by atoms with van der Waals surface area (Å²) >= 11 is 0. The molecule has 136 valence electrons. The quantitative estimate of drug-likeness (QED) is 0.697. The van der Waals surface area contributed by atoms with E-state index < -0.39 is 0 Å². The summed E-state index contributed by atoms with van der Waals surface area (Å²) in [5.74, 6) is -0.0496. The Bertz CT molecular complexity index is 593. The number of hydrogen-bond donors (Lipinski definition) is 3. The van der Waals surface area contributed by atoms with Gasteiger partial charge >= 0.3 is 0 Å². The maximum atomic E-state index is 12.3. The molecular formula is C19H27N3O3. The lowest BCUT2D eigenvalue weighted by Gasteiger charge is -2.12. The second kappa shape index (κ2) is 8.97. The molecule has 2 saturated heterocycles. The summed E-state index contributed by atoms with van der Waals surface area (Å²) in [4.78, 5) is 24.3. The molecule has 2 aliphatic rings. The zero-order valence-electron chi connectivity index (χ0n) is 14.6. The SMILES string of the molecule is O=C(CC1CCCN1)NCc1cccc(C(=O)NCC2CCCO2)c1. The monoisotopic (exact) mass is 345 g/mol. The van der Waals surface area contributed by atoms with Crippen LogP contribution in [0.2, 0.25) is 0 Å². The van der Waals surface area contributed by atoms with Crippen molar-refractivity contribution in [1.82, 2.24) is 16.0 Å². The first-order valence-corrected chi connectivity index (χ1v) is 9.19. The second-order valence-electron chi connectivity index (χ2n) is 6.82. The molecule has 0 aliphatic carbocycles. The summed E-state index contributed by atoms with van der Waals surface area (Å²) < 4.78 is 5.52. The lowest BCUT2D eigenvalue weighted by atomic mass is 10.1. The van der Waals surface area contributed by atoms with Gasteiger partial charge < -0.3 is 20.7 Å². The number of carbonyl (C=O) groups excluding carboxylic acids is 2. The van der Waals surface area contributed by atoms with Gasteiger partial charge in [0.05, 0.1) is 6.10 Å². The molecular weight excluding hydrogens is 318 g/mol. The first kappa shape index (κ1) is 17.9. The molecule has 1 aromatic carbocycles. The number of ether oxygens (including phenoxy) is 1. The van der Waals surface area contributed by atoms with Crippen LogP contribution in [0.1, 0.15) is 48.0 Å². The second-order valence-corrected chi connectivity index (χ2v) is 6.82. The normalized spacial score (nSPS) is 22.7. The van der Waals surface area contributed by atoms with Gasteiger partial charge in [-0.15, -0.1) is 0 Å². The van der Waals surface area contributed by atoms with Crippen LogP contribution in [0.4, 0.5) is 0 Å². The van der Waals surface area contributed by atoms with Crippen LogP contribution in [-0.4, -0.2) is 43.7 Å². The van der Waals surface area contributed by atoms with Crippen LogP contribution >= 0.6 is 0 Å². The van der Waals surface area contributed by atoms with Crippen LogP contribution in [0.15, 0.2) is 24.3 Å². The van der Waals surface area contributed by atoms with E-state index in [4.69, 9.17) is 4.74 Å². The summed E-state index contributed by atoms with van der Waals surface area (Å²) in [6.07, 6.45) is 4.92.